The molecule has 0 aliphatic carbocycles. The maximum absolute atomic E-state index is 9.92. The van der Waals surface area contributed by atoms with Crippen LogP contribution in [-0.2, 0) is 16.8 Å². The molecule has 155 valence electrons. The minimum Gasteiger partial charge on any atom is -0.355 e. The van der Waals surface area contributed by atoms with Crippen LogP contribution in [0.2, 0.25) is 0 Å². The fourth-order valence-electron chi connectivity index (χ4n) is 3.67. The molecule has 1 radical (unpaired) electrons. The predicted molar refractivity (Wildman–Crippen MR) is 117 cm³/mol. The van der Waals surface area contributed by atoms with Crippen LogP contribution in [0.5, 0.6) is 0 Å². The fraction of sp³-hybridized carbons (Fsp3) is 0. The van der Waals surface area contributed by atoms with Crippen LogP contribution in [0.25, 0.3) is 45.4 Å². The second kappa shape index (κ2) is 8.30. The van der Waals surface area contributed by atoms with E-state index < -0.39 is 0 Å². The Kier molecular flexibility index (Phi) is 5.36. The summed E-state index contributed by atoms with van der Waals surface area (Å²) in [5.41, 5.74) is 4.29. The molecule has 5 heterocycles. The quantitative estimate of drug-likeness (QED) is 0.394. The number of hydrogen-bond acceptors (Lipinski definition) is 6. The van der Waals surface area contributed by atoms with Crippen molar-refractivity contribution in [3.63, 3.8) is 0 Å². The zero-order valence-electron chi connectivity index (χ0n) is 16.6. The van der Waals surface area contributed by atoms with Crippen molar-refractivity contribution in [2.45, 2.75) is 0 Å². The minimum atomic E-state index is -0.0180. The molecule has 3 aromatic rings. The maximum Gasteiger partial charge on any atom is 0.104 e. The first kappa shape index (κ1) is 21.3. The maximum atomic E-state index is 9.92. The average Bonchev–Trinajstić information content (AvgIpc) is 3.56. The Morgan fingerprint density at radius 2 is 1.36 bits per heavy atom. The van der Waals surface area contributed by atoms with E-state index in [0.717, 1.165) is 11.0 Å². The first-order chi connectivity index (χ1) is 15.6. The van der Waals surface area contributed by atoms with Gasteiger partial charge >= 0.3 is 0 Å². The zero-order valence-corrected chi connectivity index (χ0v) is 17.7. The van der Waals surface area contributed by atoms with E-state index in [1.807, 2.05) is 36.4 Å². The van der Waals surface area contributed by atoms with E-state index in [0.29, 0.717) is 16.9 Å². The van der Waals surface area contributed by atoms with Gasteiger partial charge in [-0.25, -0.2) is 9.97 Å². The molecule has 0 spiro atoms. The zero-order chi connectivity index (χ0) is 22.2. The third-order valence-electron chi connectivity index (χ3n) is 5.07. The first-order valence-electron chi connectivity index (χ1n) is 9.42. The molecule has 3 aromatic heterocycles. The monoisotopic (exact) mass is 469 g/mol. The molecule has 0 aromatic carbocycles. The van der Waals surface area contributed by atoms with Gasteiger partial charge < -0.3 is 9.97 Å². The van der Waals surface area contributed by atoms with E-state index >= 15 is 0 Å². The van der Waals surface area contributed by atoms with E-state index in [9.17, 15) is 21.0 Å². The molecule has 0 unspecified atom stereocenters. The molecule has 2 aliphatic rings. The van der Waals surface area contributed by atoms with Gasteiger partial charge in [0.15, 0.2) is 0 Å². The smallest absolute Gasteiger partial charge is 0.104 e. The van der Waals surface area contributed by atoms with Gasteiger partial charge in [-0.2, -0.15) is 21.0 Å². The van der Waals surface area contributed by atoms with E-state index in [2.05, 4.69) is 32.1 Å². The molecule has 0 saturated heterocycles. The molecule has 2 N–H and O–H groups in total. The number of nitrogens with one attached hydrogen (secondary N) is 2. The van der Waals surface area contributed by atoms with Crippen molar-refractivity contribution in [3.05, 3.63) is 70.3 Å². The minimum absolute atomic E-state index is 0. The predicted octanol–water partition coefficient (Wildman–Crippen LogP) is 4.18. The summed E-state index contributed by atoms with van der Waals surface area (Å²) in [5, 5.41) is 39.0. The number of aromatic nitrogens is 4. The van der Waals surface area contributed by atoms with Crippen LogP contribution in [0.15, 0.2) is 36.4 Å². The second-order valence-corrected chi connectivity index (χ2v) is 7.03. The summed E-state index contributed by atoms with van der Waals surface area (Å²) in [4.78, 5) is 15.3. The van der Waals surface area contributed by atoms with E-state index in [1.165, 1.54) is 0 Å². The molecule has 0 amide bonds. The van der Waals surface area contributed by atoms with Crippen LogP contribution in [0.1, 0.15) is 33.9 Å². The Morgan fingerprint density at radius 3 is 2.03 bits per heavy atom. The van der Waals surface area contributed by atoms with Crippen LogP contribution in [0.3, 0.4) is 0 Å². The van der Waals surface area contributed by atoms with Crippen molar-refractivity contribution in [2.24, 2.45) is 0 Å². The molecular formula is C24H10CoN8. The van der Waals surface area contributed by atoms with Gasteiger partial charge in [0.05, 0.1) is 39.3 Å². The average molecular weight is 469 g/mol. The van der Waals surface area contributed by atoms with Crippen molar-refractivity contribution in [1.82, 2.24) is 19.9 Å². The molecule has 33 heavy (non-hydrogen) atoms. The van der Waals surface area contributed by atoms with Crippen LogP contribution in [0, 0.1) is 45.3 Å². The number of fused-ring (bicyclic) bond motifs is 8. The standard InChI is InChI=1S/C24H10N8.Co/c25-9-13-5-18-7-16-2-1-14(29-16)6-15-3-4-17(30-15)8-22-19(10-26)20(11-27)24(32-22)21(12-28)23(13)31-18;/h1-8,29,31H;. The van der Waals surface area contributed by atoms with Crippen LogP contribution in [0.4, 0.5) is 0 Å². The van der Waals surface area contributed by atoms with Crippen molar-refractivity contribution in [2.75, 3.05) is 0 Å². The SMILES string of the molecule is N#CC1=C(C#N)c2nc1cc1nc(cc3ccc(cc4cc(C#N)c([nH]4)c2C#N)[nH]3)C=C1.[Co]. The Balaban J connectivity index is 0.00000259. The fourth-order valence-corrected chi connectivity index (χ4v) is 3.67. The largest absolute Gasteiger partial charge is 0.355 e. The Hall–Kier alpha value is -4.93. The normalized spacial score (nSPS) is 11.6. The Bertz CT molecular complexity index is 1720. The van der Waals surface area contributed by atoms with E-state index in [-0.39, 0.29) is 56.0 Å². The molecule has 8 nitrogen and oxygen atoms in total. The van der Waals surface area contributed by atoms with Gasteiger partial charge in [-0.15, -0.1) is 0 Å². The summed E-state index contributed by atoms with van der Waals surface area (Å²) in [6.45, 7) is 0. The van der Waals surface area contributed by atoms with Crippen molar-refractivity contribution >= 4 is 45.4 Å². The molecule has 9 heteroatoms. The Labute approximate surface area is 197 Å². The van der Waals surface area contributed by atoms with Gasteiger partial charge in [0, 0.05) is 33.3 Å². The molecule has 0 fully saturated rings. The van der Waals surface area contributed by atoms with Gasteiger partial charge in [0.2, 0.25) is 0 Å². The van der Waals surface area contributed by atoms with Gasteiger partial charge in [-0.05, 0) is 48.6 Å². The van der Waals surface area contributed by atoms with E-state index in [4.69, 9.17) is 0 Å². The summed E-state index contributed by atoms with van der Waals surface area (Å²) >= 11 is 0. The van der Waals surface area contributed by atoms with Crippen molar-refractivity contribution in [3.8, 4) is 24.3 Å². The van der Waals surface area contributed by atoms with Crippen LogP contribution < -0.4 is 0 Å². The van der Waals surface area contributed by atoms with Gasteiger partial charge in [-0.1, -0.05) is 0 Å². The topological polar surface area (TPSA) is 153 Å². The van der Waals surface area contributed by atoms with Gasteiger partial charge in [-0.3, -0.25) is 0 Å². The summed E-state index contributed by atoms with van der Waals surface area (Å²) in [5.74, 6) is 0. The Morgan fingerprint density at radius 1 is 0.667 bits per heavy atom. The number of aromatic amines is 2. The van der Waals surface area contributed by atoms with E-state index in [1.54, 1.807) is 24.3 Å². The van der Waals surface area contributed by atoms with Crippen LogP contribution in [-0.4, -0.2) is 19.9 Å². The third kappa shape index (κ3) is 3.57. The number of allylic oxidation sites excluding steroid dienone is 2. The van der Waals surface area contributed by atoms with Crippen LogP contribution >= 0.6 is 0 Å². The first-order valence-corrected chi connectivity index (χ1v) is 9.42. The van der Waals surface area contributed by atoms with Gasteiger partial charge in [0.25, 0.3) is 0 Å². The molecule has 2 aliphatic heterocycles. The summed E-state index contributed by atoms with van der Waals surface area (Å²) in [6, 6.07) is 18.8. The number of H-pyrrole nitrogens is 2. The molecule has 0 saturated carbocycles. The molecule has 0 atom stereocenters. The number of nitriles is 4. The van der Waals surface area contributed by atoms with Crippen molar-refractivity contribution in [1.29, 1.82) is 21.0 Å². The molecule has 5 rings (SSSR count). The summed E-state index contributed by atoms with van der Waals surface area (Å²) < 4.78 is 0. The molecular weight excluding hydrogens is 459 g/mol. The molecule has 8 bridgehead atoms. The number of hydrogen-bond donors (Lipinski definition) is 2. The van der Waals surface area contributed by atoms with Gasteiger partial charge in [0.1, 0.15) is 35.5 Å². The number of rotatable bonds is 0. The number of nitrogens with zero attached hydrogens (tertiary/aromatic N) is 6. The summed E-state index contributed by atoms with van der Waals surface area (Å²) in [6.07, 6.45) is 3.61. The second-order valence-electron chi connectivity index (χ2n) is 7.03. The summed E-state index contributed by atoms with van der Waals surface area (Å²) in [7, 11) is 0. The van der Waals surface area contributed by atoms with Crippen molar-refractivity contribution < 1.29 is 16.8 Å². The third-order valence-corrected chi connectivity index (χ3v) is 5.07.